The molecule has 0 bridgehead atoms. The van der Waals surface area contributed by atoms with Crippen molar-refractivity contribution >= 4 is 17.5 Å². The highest BCUT2D eigenvalue weighted by Crippen LogP contribution is 2.25. The first-order valence-electron chi connectivity index (χ1n) is 11.5. The fraction of sp³-hybridized carbons (Fsp3) is 0.269. The third kappa shape index (κ3) is 5.78. The van der Waals surface area contributed by atoms with Crippen LogP contribution in [-0.2, 0) is 37.3 Å². The van der Waals surface area contributed by atoms with Crippen molar-refractivity contribution in [2.75, 3.05) is 13.1 Å². The van der Waals surface area contributed by atoms with Crippen molar-refractivity contribution < 1.29 is 13.6 Å². The van der Waals surface area contributed by atoms with Crippen molar-refractivity contribution in [1.29, 1.82) is 0 Å². The van der Waals surface area contributed by atoms with E-state index in [2.05, 4.69) is 25.0 Å². The van der Waals surface area contributed by atoms with Crippen LogP contribution in [0.5, 0.6) is 0 Å². The van der Waals surface area contributed by atoms with Crippen LogP contribution in [0.25, 0.3) is 11.3 Å². The van der Waals surface area contributed by atoms with Gasteiger partial charge in [0.05, 0.1) is 19.5 Å². The molecule has 0 spiro atoms. The van der Waals surface area contributed by atoms with Crippen LogP contribution >= 0.6 is 11.6 Å². The SMILES string of the molecule is O=C(Cc1cccc(F)c1)NCc1nnc2n1CCN(Cc1ccc(-c3cccc(Cl)c3)o1)CC2. The minimum Gasteiger partial charge on any atom is -0.460 e. The lowest BCUT2D eigenvalue weighted by Gasteiger charge is -2.18. The first kappa shape index (κ1) is 23.3. The van der Waals surface area contributed by atoms with Crippen molar-refractivity contribution in [2.24, 2.45) is 0 Å². The molecule has 0 unspecified atom stereocenters. The Balaban J connectivity index is 1.16. The third-order valence-corrected chi connectivity index (χ3v) is 6.28. The van der Waals surface area contributed by atoms with Crippen LogP contribution in [0.1, 0.15) is 23.0 Å². The second-order valence-corrected chi connectivity index (χ2v) is 9.01. The third-order valence-electron chi connectivity index (χ3n) is 6.04. The van der Waals surface area contributed by atoms with E-state index in [1.807, 2.05) is 36.4 Å². The lowest BCUT2D eigenvalue weighted by molar-refractivity contribution is -0.120. The van der Waals surface area contributed by atoms with Crippen molar-refractivity contribution in [1.82, 2.24) is 25.0 Å². The maximum atomic E-state index is 13.3. The zero-order valence-corrected chi connectivity index (χ0v) is 19.8. The Hall–Kier alpha value is -3.49. The van der Waals surface area contributed by atoms with E-state index in [4.69, 9.17) is 16.0 Å². The van der Waals surface area contributed by atoms with Gasteiger partial charge in [0.15, 0.2) is 5.82 Å². The van der Waals surface area contributed by atoms with E-state index >= 15 is 0 Å². The van der Waals surface area contributed by atoms with Gasteiger partial charge in [-0.05, 0) is 42.0 Å². The summed E-state index contributed by atoms with van der Waals surface area (Å²) in [5.74, 6) is 2.78. The number of benzene rings is 2. The summed E-state index contributed by atoms with van der Waals surface area (Å²) in [4.78, 5) is 14.6. The molecule has 0 fully saturated rings. The Labute approximate surface area is 207 Å². The van der Waals surface area contributed by atoms with Gasteiger partial charge < -0.3 is 14.3 Å². The van der Waals surface area contributed by atoms with Gasteiger partial charge in [-0.25, -0.2) is 4.39 Å². The Morgan fingerprint density at radius 3 is 2.80 bits per heavy atom. The number of halogens is 2. The average molecular weight is 494 g/mol. The molecule has 1 amide bonds. The minimum atomic E-state index is -0.349. The fourth-order valence-corrected chi connectivity index (χ4v) is 4.46. The summed E-state index contributed by atoms with van der Waals surface area (Å²) in [6.07, 6.45) is 0.874. The van der Waals surface area contributed by atoms with Gasteiger partial charge in [-0.1, -0.05) is 35.9 Å². The maximum absolute atomic E-state index is 13.3. The molecule has 9 heteroatoms. The predicted octanol–water partition coefficient (Wildman–Crippen LogP) is 4.25. The number of fused-ring (bicyclic) bond motifs is 1. The second kappa shape index (κ2) is 10.4. The molecule has 1 N–H and O–H groups in total. The molecule has 7 nitrogen and oxygen atoms in total. The van der Waals surface area contributed by atoms with Crippen LogP contribution in [0.3, 0.4) is 0 Å². The van der Waals surface area contributed by atoms with Crippen LogP contribution in [0.4, 0.5) is 4.39 Å². The Bertz CT molecular complexity index is 1330. The zero-order chi connectivity index (χ0) is 24.2. The number of aromatic nitrogens is 3. The van der Waals surface area contributed by atoms with Crippen LogP contribution in [0.2, 0.25) is 5.02 Å². The second-order valence-electron chi connectivity index (χ2n) is 8.57. The Morgan fingerprint density at radius 2 is 1.94 bits per heavy atom. The lowest BCUT2D eigenvalue weighted by Crippen LogP contribution is -2.28. The smallest absolute Gasteiger partial charge is 0.224 e. The standard InChI is InChI=1S/C26H25ClFN5O2/c27-20-5-2-4-19(15-20)23-8-7-22(35-23)17-32-10-9-24-30-31-25(33(24)12-11-32)16-29-26(34)14-18-3-1-6-21(28)13-18/h1-8,13,15H,9-12,14,16-17H2,(H,29,34). The largest absolute Gasteiger partial charge is 0.460 e. The van der Waals surface area contributed by atoms with E-state index in [-0.39, 0.29) is 24.7 Å². The number of nitrogens with zero attached hydrogens (tertiary/aromatic N) is 4. The first-order valence-corrected chi connectivity index (χ1v) is 11.9. The van der Waals surface area contributed by atoms with Gasteiger partial charge in [0.2, 0.25) is 5.91 Å². The molecular formula is C26H25ClFN5O2. The van der Waals surface area contributed by atoms with E-state index in [1.54, 1.807) is 12.1 Å². The molecule has 180 valence electrons. The van der Waals surface area contributed by atoms with E-state index in [0.717, 1.165) is 54.8 Å². The van der Waals surface area contributed by atoms with E-state index in [0.29, 0.717) is 17.1 Å². The lowest BCUT2D eigenvalue weighted by atomic mass is 10.1. The van der Waals surface area contributed by atoms with Crippen LogP contribution < -0.4 is 5.32 Å². The average Bonchev–Trinajstić information content (AvgIpc) is 3.41. The molecule has 0 radical (unpaired) electrons. The number of hydrogen-bond acceptors (Lipinski definition) is 5. The zero-order valence-electron chi connectivity index (χ0n) is 19.1. The van der Waals surface area contributed by atoms with Crippen LogP contribution in [-0.4, -0.2) is 38.7 Å². The van der Waals surface area contributed by atoms with Gasteiger partial charge in [0.25, 0.3) is 0 Å². The Kier molecular flexibility index (Phi) is 6.92. The summed E-state index contributed by atoms with van der Waals surface area (Å²) in [6, 6.07) is 17.7. The molecular weight excluding hydrogens is 469 g/mol. The number of nitrogens with one attached hydrogen (secondary N) is 1. The van der Waals surface area contributed by atoms with Gasteiger partial charge in [-0.2, -0.15) is 0 Å². The molecule has 3 heterocycles. The summed E-state index contributed by atoms with van der Waals surface area (Å²) in [5.41, 5.74) is 1.59. The highest BCUT2D eigenvalue weighted by molar-refractivity contribution is 6.30. The summed E-state index contributed by atoms with van der Waals surface area (Å²) in [6.45, 7) is 3.33. The maximum Gasteiger partial charge on any atom is 0.224 e. The van der Waals surface area contributed by atoms with Crippen LogP contribution in [0.15, 0.2) is 65.1 Å². The van der Waals surface area contributed by atoms with Crippen LogP contribution in [0, 0.1) is 5.82 Å². The number of amides is 1. The van der Waals surface area contributed by atoms with Gasteiger partial charge in [0.1, 0.15) is 23.2 Å². The molecule has 1 aliphatic rings. The molecule has 0 atom stereocenters. The molecule has 2 aromatic carbocycles. The summed E-state index contributed by atoms with van der Waals surface area (Å²) < 4.78 is 21.5. The monoisotopic (exact) mass is 493 g/mol. The highest BCUT2D eigenvalue weighted by Gasteiger charge is 2.20. The topological polar surface area (TPSA) is 76.2 Å². The molecule has 0 saturated heterocycles. The van der Waals surface area contributed by atoms with Gasteiger partial charge in [-0.3, -0.25) is 9.69 Å². The number of furan rings is 1. The van der Waals surface area contributed by atoms with E-state index in [1.165, 1.54) is 12.1 Å². The van der Waals surface area contributed by atoms with Crippen molar-refractivity contribution in [3.05, 3.63) is 94.5 Å². The quantitative estimate of drug-likeness (QED) is 0.416. The number of rotatable bonds is 7. The normalized spacial score (nSPS) is 13.9. The van der Waals surface area contributed by atoms with Gasteiger partial charge in [-0.15, -0.1) is 10.2 Å². The molecule has 0 saturated carbocycles. The summed E-state index contributed by atoms with van der Waals surface area (Å²) >= 11 is 6.10. The molecule has 4 aromatic rings. The minimum absolute atomic E-state index is 0.118. The van der Waals surface area contributed by atoms with Gasteiger partial charge >= 0.3 is 0 Å². The van der Waals surface area contributed by atoms with Crippen molar-refractivity contribution in [3.8, 4) is 11.3 Å². The molecule has 1 aliphatic heterocycles. The molecule has 5 rings (SSSR count). The summed E-state index contributed by atoms with van der Waals surface area (Å²) in [5, 5.41) is 12.2. The van der Waals surface area contributed by atoms with Crippen molar-refractivity contribution in [2.45, 2.75) is 32.5 Å². The van der Waals surface area contributed by atoms with Gasteiger partial charge in [0, 0.05) is 36.6 Å². The predicted molar refractivity (Wildman–Crippen MR) is 130 cm³/mol. The Morgan fingerprint density at radius 1 is 1.06 bits per heavy atom. The highest BCUT2D eigenvalue weighted by atomic mass is 35.5. The molecule has 2 aromatic heterocycles. The number of carbonyl (C=O) groups excluding carboxylic acids is 1. The number of carbonyl (C=O) groups is 1. The fourth-order valence-electron chi connectivity index (χ4n) is 4.27. The molecule has 0 aliphatic carbocycles. The number of hydrogen-bond donors (Lipinski definition) is 1. The van der Waals surface area contributed by atoms with E-state index in [9.17, 15) is 9.18 Å². The molecule has 35 heavy (non-hydrogen) atoms. The first-order chi connectivity index (χ1) is 17.0. The summed E-state index contributed by atoms with van der Waals surface area (Å²) in [7, 11) is 0. The van der Waals surface area contributed by atoms with E-state index < -0.39 is 0 Å². The van der Waals surface area contributed by atoms with Crippen molar-refractivity contribution in [3.63, 3.8) is 0 Å².